The summed E-state index contributed by atoms with van der Waals surface area (Å²) in [5, 5.41) is 3.75. The Balaban J connectivity index is 1.79. The summed E-state index contributed by atoms with van der Waals surface area (Å²) < 4.78 is 28.6. The summed E-state index contributed by atoms with van der Waals surface area (Å²) >= 11 is 0. The smallest absolute Gasteiger partial charge is 0.228 e. The van der Waals surface area contributed by atoms with Crippen LogP contribution in [0.25, 0.3) is 11.0 Å². The van der Waals surface area contributed by atoms with Crippen LogP contribution < -0.4 is 5.32 Å². The number of hydrogen-bond acceptors (Lipinski definition) is 4. The molecule has 0 unspecified atom stereocenters. The number of anilines is 1. The fourth-order valence-electron chi connectivity index (χ4n) is 3.17. The van der Waals surface area contributed by atoms with Crippen LogP contribution in [-0.2, 0) is 21.1 Å². The number of carbonyl (C=O) groups excluding carboxylic acids is 1. The third-order valence-electron chi connectivity index (χ3n) is 4.58. The molecule has 0 fully saturated rings. The molecule has 2 aromatic carbocycles. The van der Waals surface area contributed by atoms with Gasteiger partial charge < -0.3 is 9.73 Å². The molecule has 27 heavy (non-hydrogen) atoms. The third-order valence-corrected chi connectivity index (χ3v) is 5.71. The van der Waals surface area contributed by atoms with Gasteiger partial charge in [0.05, 0.1) is 17.6 Å². The van der Waals surface area contributed by atoms with Gasteiger partial charge in [-0.2, -0.15) is 0 Å². The number of furan rings is 1. The zero-order valence-corrected chi connectivity index (χ0v) is 16.7. The summed E-state index contributed by atoms with van der Waals surface area (Å²) in [6, 6.07) is 10.2. The van der Waals surface area contributed by atoms with E-state index in [1.165, 1.54) is 23.3 Å². The molecular formula is C21H23NO4S. The van der Waals surface area contributed by atoms with E-state index in [1.807, 2.05) is 6.07 Å². The topological polar surface area (TPSA) is 76.4 Å². The van der Waals surface area contributed by atoms with Gasteiger partial charge in [0.25, 0.3) is 0 Å². The van der Waals surface area contributed by atoms with Crippen molar-refractivity contribution in [3.05, 3.63) is 59.4 Å². The molecule has 3 aromatic rings. The number of sulfone groups is 1. The van der Waals surface area contributed by atoms with Crippen molar-refractivity contribution in [1.29, 1.82) is 0 Å². The van der Waals surface area contributed by atoms with E-state index < -0.39 is 9.84 Å². The highest BCUT2D eigenvalue weighted by Crippen LogP contribution is 2.29. The number of rotatable bonds is 5. The minimum atomic E-state index is -3.25. The van der Waals surface area contributed by atoms with Gasteiger partial charge in [-0.05, 0) is 60.4 Å². The lowest BCUT2D eigenvalue weighted by Crippen LogP contribution is -2.14. The second-order valence-corrected chi connectivity index (χ2v) is 9.16. The van der Waals surface area contributed by atoms with Crippen LogP contribution in [0.1, 0.15) is 36.5 Å². The molecule has 0 aliphatic heterocycles. The van der Waals surface area contributed by atoms with E-state index >= 15 is 0 Å². The molecule has 1 N–H and O–H groups in total. The van der Waals surface area contributed by atoms with Crippen LogP contribution in [0, 0.1) is 6.92 Å². The Morgan fingerprint density at radius 1 is 1.15 bits per heavy atom. The predicted molar refractivity (Wildman–Crippen MR) is 107 cm³/mol. The van der Waals surface area contributed by atoms with Gasteiger partial charge in [-0.15, -0.1) is 0 Å². The van der Waals surface area contributed by atoms with Crippen molar-refractivity contribution in [3.63, 3.8) is 0 Å². The van der Waals surface area contributed by atoms with Gasteiger partial charge in [0, 0.05) is 22.9 Å². The van der Waals surface area contributed by atoms with Gasteiger partial charge in [0.2, 0.25) is 5.91 Å². The first-order chi connectivity index (χ1) is 12.6. The molecule has 1 heterocycles. The molecule has 0 saturated heterocycles. The molecular weight excluding hydrogens is 362 g/mol. The molecule has 3 rings (SSSR count). The highest BCUT2D eigenvalue weighted by atomic mass is 32.2. The van der Waals surface area contributed by atoms with Crippen LogP contribution in [-0.4, -0.2) is 20.6 Å². The molecule has 1 aromatic heterocycles. The Bertz CT molecular complexity index is 1090. The lowest BCUT2D eigenvalue weighted by molar-refractivity contribution is -0.115. The summed E-state index contributed by atoms with van der Waals surface area (Å²) in [7, 11) is -3.25. The lowest BCUT2D eigenvalue weighted by Gasteiger charge is -2.10. The molecule has 6 heteroatoms. The summed E-state index contributed by atoms with van der Waals surface area (Å²) in [6.45, 7) is 6.34. The third kappa shape index (κ3) is 4.22. The van der Waals surface area contributed by atoms with Gasteiger partial charge in [-0.1, -0.05) is 13.8 Å². The Morgan fingerprint density at radius 3 is 2.41 bits per heavy atom. The average molecular weight is 385 g/mol. The van der Waals surface area contributed by atoms with E-state index in [9.17, 15) is 13.2 Å². The van der Waals surface area contributed by atoms with Gasteiger partial charge in [0.1, 0.15) is 5.58 Å². The Kier molecular flexibility index (Phi) is 5.11. The summed E-state index contributed by atoms with van der Waals surface area (Å²) in [5.74, 6) is 0.204. The Morgan fingerprint density at radius 2 is 1.81 bits per heavy atom. The van der Waals surface area contributed by atoms with Crippen LogP contribution >= 0.6 is 0 Å². The highest BCUT2D eigenvalue weighted by molar-refractivity contribution is 7.90. The fraction of sp³-hybridized carbons (Fsp3) is 0.286. The average Bonchev–Trinajstić information content (AvgIpc) is 2.95. The van der Waals surface area contributed by atoms with Crippen LogP contribution in [0.2, 0.25) is 0 Å². The largest absolute Gasteiger partial charge is 0.464 e. The van der Waals surface area contributed by atoms with Crippen molar-refractivity contribution in [2.45, 2.75) is 38.0 Å². The predicted octanol–water partition coefficient (Wildman–Crippen LogP) is 4.45. The second-order valence-electron chi connectivity index (χ2n) is 7.14. The highest BCUT2D eigenvalue weighted by Gasteiger charge is 2.14. The molecule has 1 amide bonds. The number of carbonyl (C=O) groups is 1. The second kappa shape index (κ2) is 7.19. The number of benzene rings is 2. The van der Waals surface area contributed by atoms with Crippen LogP contribution in [0.5, 0.6) is 0 Å². The van der Waals surface area contributed by atoms with E-state index in [4.69, 9.17) is 4.42 Å². The molecule has 0 bridgehead atoms. The first-order valence-corrected chi connectivity index (χ1v) is 10.6. The van der Waals surface area contributed by atoms with Crippen LogP contribution in [0.3, 0.4) is 0 Å². The molecule has 0 atom stereocenters. The molecule has 0 aliphatic rings. The zero-order valence-electron chi connectivity index (χ0n) is 15.9. The van der Waals surface area contributed by atoms with Crippen LogP contribution in [0.15, 0.2) is 52.0 Å². The van der Waals surface area contributed by atoms with E-state index in [0.29, 0.717) is 11.6 Å². The number of aryl methyl sites for hydroxylation is 1. The van der Waals surface area contributed by atoms with E-state index in [-0.39, 0.29) is 17.2 Å². The van der Waals surface area contributed by atoms with Gasteiger partial charge in [0.15, 0.2) is 9.84 Å². The maximum absolute atomic E-state index is 12.4. The number of fused-ring (bicyclic) bond motifs is 1. The van der Waals surface area contributed by atoms with Crippen molar-refractivity contribution in [2.24, 2.45) is 0 Å². The van der Waals surface area contributed by atoms with Crippen molar-refractivity contribution < 1.29 is 17.6 Å². The fourth-order valence-corrected chi connectivity index (χ4v) is 3.80. The SMILES string of the molecule is Cc1cc2occ(CC(=O)Nc3ccc(S(C)(=O)=O)cc3)c2cc1C(C)C. The summed E-state index contributed by atoms with van der Waals surface area (Å²) in [6.07, 6.45) is 2.96. The molecule has 142 valence electrons. The molecule has 0 radical (unpaired) electrons. The van der Waals surface area contributed by atoms with Crippen molar-refractivity contribution in [3.8, 4) is 0 Å². The normalized spacial score (nSPS) is 11.9. The minimum Gasteiger partial charge on any atom is -0.464 e. The van der Waals surface area contributed by atoms with E-state index in [0.717, 1.165) is 22.8 Å². The van der Waals surface area contributed by atoms with Gasteiger partial charge >= 0.3 is 0 Å². The van der Waals surface area contributed by atoms with E-state index in [2.05, 4.69) is 32.2 Å². The van der Waals surface area contributed by atoms with Gasteiger partial charge in [-0.25, -0.2) is 8.42 Å². The first kappa shape index (κ1) is 19.2. The molecule has 0 spiro atoms. The van der Waals surface area contributed by atoms with Crippen molar-refractivity contribution in [2.75, 3.05) is 11.6 Å². The van der Waals surface area contributed by atoms with Crippen molar-refractivity contribution >= 4 is 32.4 Å². The minimum absolute atomic E-state index is 0.182. The molecule has 0 saturated carbocycles. The maximum Gasteiger partial charge on any atom is 0.228 e. The number of nitrogens with one attached hydrogen (secondary N) is 1. The molecule has 5 nitrogen and oxygen atoms in total. The number of hydrogen-bond donors (Lipinski definition) is 1. The maximum atomic E-state index is 12.4. The Hall–Kier alpha value is -2.60. The standard InChI is InChI=1S/C21H23NO4S/c1-13(2)18-11-19-15(12-26-20(19)9-14(18)3)10-21(23)22-16-5-7-17(8-6-16)27(4,24)25/h5-9,11-13H,10H2,1-4H3,(H,22,23). The lowest BCUT2D eigenvalue weighted by atomic mass is 9.95. The monoisotopic (exact) mass is 385 g/mol. The van der Waals surface area contributed by atoms with Crippen molar-refractivity contribution in [1.82, 2.24) is 0 Å². The summed E-state index contributed by atoms with van der Waals surface area (Å²) in [5.41, 5.74) is 4.57. The van der Waals surface area contributed by atoms with Gasteiger partial charge in [-0.3, -0.25) is 4.79 Å². The summed E-state index contributed by atoms with van der Waals surface area (Å²) in [4.78, 5) is 12.6. The number of amides is 1. The molecule has 0 aliphatic carbocycles. The quantitative estimate of drug-likeness (QED) is 0.704. The zero-order chi connectivity index (χ0) is 19.8. The van der Waals surface area contributed by atoms with Crippen LogP contribution in [0.4, 0.5) is 5.69 Å². The van der Waals surface area contributed by atoms with E-state index in [1.54, 1.807) is 18.4 Å². The first-order valence-electron chi connectivity index (χ1n) is 8.75. The Labute approximate surface area is 159 Å².